The number of carbonyl (C=O) groups excluding carboxylic acids is 1. The number of pyridine rings is 1. The first-order valence-corrected chi connectivity index (χ1v) is 9.64. The van der Waals surface area contributed by atoms with Crippen LogP contribution in [-0.4, -0.2) is 32.2 Å². The standard InChI is InChI=1S/C23H23ClN2O4/c1-14-5-7-15(8-6-14)11-26-23(27)17-9-16(12-25-13-17)18-10-19(28-2)21(29-3)22(30-4)20(18)24/h5-10,12-13H,11H2,1-4H3,(H,26,27). The number of ether oxygens (including phenoxy) is 3. The third kappa shape index (κ3) is 4.49. The highest BCUT2D eigenvalue weighted by Crippen LogP contribution is 2.47. The van der Waals surface area contributed by atoms with E-state index in [1.54, 1.807) is 18.3 Å². The van der Waals surface area contributed by atoms with Gasteiger partial charge in [0.25, 0.3) is 5.91 Å². The number of carbonyl (C=O) groups is 1. The lowest BCUT2D eigenvalue weighted by Gasteiger charge is -2.16. The van der Waals surface area contributed by atoms with Gasteiger partial charge in [-0.15, -0.1) is 0 Å². The summed E-state index contributed by atoms with van der Waals surface area (Å²) in [4.78, 5) is 16.9. The van der Waals surface area contributed by atoms with Gasteiger partial charge in [0.1, 0.15) is 0 Å². The minimum absolute atomic E-state index is 0.228. The van der Waals surface area contributed by atoms with Crippen molar-refractivity contribution in [3.05, 3.63) is 70.5 Å². The SMILES string of the molecule is COc1cc(-c2cncc(C(=O)NCc3ccc(C)cc3)c2)c(Cl)c(OC)c1OC. The molecular formula is C23H23ClN2O4. The molecule has 1 aromatic heterocycles. The molecule has 0 radical (unpaired) electrons. The van der Waals surface area contributed by atoms with Gasteiger partial charge in [-0.1, -0.05) is 41.4 Å². The molecule has 0 aliphatic heterocycles. The summed E-state index contributed by atoms with van der Waals surface area (Å²) >= 11 is 6.55. The van der Waals surface area contributed by atoms with Gasteiger partial charge in [-0.2, -0.15) is 0 Å². The van der Waals surface area contributed by atoms with Gasteiger partial charge in [-0.25, -0.2) is 0 Å². The summed E-state index contributed by atoms with van der Waals surface area (Å²) in [6.45, 7) is 2.45. The highest BCUT2D eigenvalue weighted by Gasteiger charge is 2.21. The van der Waals surface area contributed by atoms with Crippen LogP contribution in [0.25, 0.3) is 11.1 Å². The third-order valence-corrected chi connectivity index (χ3v) is 5.03. The molecule has 156 valence electrons. The number of halogens is 1. The lowest BCUT2D eigenvalue weighted by molar-refractivity contribution is 0.0950. The van der Waals surface area contributed by atoms with Crippen molar-refractivity contribution in [2.75, 3.05) is 21.3 Å². The van der Waals surface area contributed by atoms with Gasteiger partial charge in [0.15, 0.2) is 11.5 Å². The minimum Gasteiger partial charge on any atom is -0.493 e. The Morgan fingerprint density at radius 1 is 1.00 bits per heavy atom. The van der Waals surface area contributed by atoms with Gasteiger partial charge in [0.2, 0.25) is 5.75 Å². The van der Waals surface area contributed by atoms with Crippen LogP contribution in [-0.2, 0) is 6.54 Å². The number of methoxy groups -OCH3 is 3. The molecule has 0 bridgehead atoms. The first-order valence-electron chi connectivity index (χ1n) is 9.26. The van der Waals surface area contributed by atoms with Crippen molar-refractivity contribution in [2.24, 2.45) is 0 Å². The van der Waals surface area contributed by atoms with E-state index >= 15 is 0 Å². The molecule has 0 saturated heterocycles. The Bertz CT molecular complexity index is 1050. The number of amides is 1. The minimum atomic E-state index is -0.228. The van der Waals surface area contributed by atoms with Crippen molar-refractivity contribution in [1.82, 2.24) is 10.3 Å². The van der Waals surface area contributed by atoms with Crippen LogP contribution in [0.15, 0.2) is 48.8 Å². The van der Waals surface area contributed by atoms with Gasteiger partial charge in [0, 0.05) is 30.1 Å². The van der Waals surface area contributed by atoms with Crippen LogP contribution in [0.4, 0.5) is 0 Å². The number of hydrogen-bond acceptors (Lipinski definition) is 5. The molecule has 0 fully saturated rings. The predicted molar refractivity (Wildman–Crippen MR) is 117 cm³/mol. The van der Waals surface area contributed by atoms with Crippen molar-refractivity contribution in [2.45, 2.75) is 13.5 Å². The van der Waals surface area contributed by atoms with Crippen LogP contribution in [0.2, 0.25) is 5.02 Å². The van der Waals surface area contributed by atoms with Crippen molar-refractivity contribution in [3.63, 3.8) is 0 Å². The second-order valence-electron chi connectivity index (χ2n) is 6.64. The summed E-state index contributed by atoms with van der Waals surface area (Å²) in [5.41, 5.74) is 3.88. The molecule has 1 N–H and O–H groups in total. The summed E-state index contributed by atoms with van der Waals surface area (Å²) < 4.78 is 16.2. The maximum atomic E-state index is 12.6. The molecule has 1 amide bonds. The normalized spacial score (nSPS) is 10.4. The van der Waals surface area contributed by atoms with Crippen LogP contribution < -0.4 is 19.5 Å². The topological polar surface area (TPSA) is 69.7 Å². The molecule has 6 nitrogen and oxygen atoms in total. The lowest BCUT2D eigenvalue weighted by atomic mass is 10.0. The zero-order valence-corrected chi connectivity index (χ0v) is 18.0. The molecule has 0 atom stereocenters. The molecule has 3 aromatic rings. The number of aryl methyl sites for hydroxylation is 1. The first kappa shape index (κ1) is 21.5. The number of benzene rings is 2. The summed E-state index contributed by atoms with van der Waals surface area (Å²) in [5.74, 6) is 0.980. The fourth-order valence-electron chi connectivity index (χ4n) is 3.03. The van der Waals surface area contributed by atoms with E-state index in [9.17, 15) is 4.79 Å². The van der Waals surface area contributed by atoms with E-state index in [0.29, 0.717) is 45.5 Å². The molecule has 0 aliphatic carbocycles. The van der Waals surface area contributed by atoms with E-state index in [-0.39, 0.29) is 5.91 Å². The largest absolute Gasteiger partial charge is 0.493 e. The molecule has 3 rings (SSSR count). The fraction of sp³-hybridized carbons (Fsp3) is 0.217. The molecule has 30 heavy (non-hydrogen) atoms. The maximum Gasteiger partial charge on any atom is 0.253 e. The Kier molecular flexibility index (Phi) is 6.79. The van der Waals surface area contributed by atoms with Crippen LogP contribution in [0.1, 0.15) is 21.5 Å². The Balaban J connectivity index is 1.89. The van der Waals surface area contributed by atoms with Gasteiger partial charge < -0.3 is 19.5 Å². The van der Waals surface area contributed by atoms with Crippen LogP contribution in [0.3, 0.4) is 0 Å². The average molecular weight is 427 g/mol. The smallest absolute Gasteiger partial charge is 0.253 e. The second-order valence-corrected chi connectivity index (χ2v) is 7.02. The third-order valence-electron chi connectivity index (χ3n) is 4.65. The van der Waals surface area contributed by atoms with Crippen molar-refractivity contribution in [1.29, 1.82) is 0 Å². The van der Waals surface area contributed by atoms with E-state index in [2.05, 4.69) is 10.3 Å². The number of nitrogens with zero attached hydrogens (tertiary/aromatic N) is 1. The van der Waals surface area contributed by atoms with Crippen molar-refractivity contribution in [3.8, 4) is 28.4 Å². The van der Waals surface area contributed by atoms with E-state index < -0.39 is 0 Å². The summed E-state index contributed by atoms with van der Waals surface area (Å²) in [6.07, 6.45) is 3.14. The monoisotopic (exact) mass is 426 g/mol. The molecule has 0 saturated carbocycles. The van der Waals surface area contributed by atoms with E-state index in [0.717, 1.165) is 5.56 Å². The van der Waals surface area contributed by atoms with Gasteiger partial charge in [0.05, 0.1) is 31.9 Å². The Labute approximate surface area is 180 Å². The van der Waals surface area contributed by atoms with Crippen molar-refractivity contribution >= 4 is 17.5 Å². The number of rotatable bonds is 7. The number of hydrogen-bond donors (Lipinski definition) is 1. The quantitative estimate of drug-likeness (QED) is 0.594. The molecule has 0 aliphatic rings. The number of aromatic nitrogens is 1. The summed E-state index contributed by atoms with van der Waals surface area (Å²) in [5, 5.41) is 3.25. The molecule has 2 aromatic carbocycles. The highest BCUT2D eigenvalue weighted by atomic mass is 35.5. The van der Waals surface area contributed by atoms with Crippen molar-refractivity contribution < 1.29 is 19.0 Å². The Morgan fingerprint density at radius 2 is 1.70 bits per heavy atom. The van der Waals surface area contributed by atoms with Crippen LogP contribution >= 0.6 is 11.6 Å². The van der Waals surface area contributed by atoms with E-state index in [1.807, 2.05) is 31.2 Å². The number of nitrogens with one attached hydrogen (secondary N) is 1. The molecule has 0 unspecified atom stereocenters. The van der Waals surface area contributed by atoms with Gasteiger partial charge in [-0.05, 0) is 24.6 Å². The highest BCUT2D eigenvalue weighted by molar-refractivity contribution is 6.35. The maximum absolute atomic E-state index is 12.6. The van der Waals surface area contributed by atoms with Crippen LogP contribution in [0, 0.1) is 6.92 Å². The molecule has 0 spiro atoms. The van der Waals surface area contributed by atoms with Crippen LogP contribution in [0.5, 0.6) is 17.2 Å². The molecule has 7 heteroatoms. The van der Waals surface area contributed by atoms with E-state index in [1.165, 1.54) is 33.1 Å². The lowest BCUT2D eigenvalue weighted by Crippen LogP contribution is -2.22. The first-order chi connectivity index (χ1) is 14.5. The molecular weight excluding hydrogens is 404 g/mol. The van der Waals surface area contributed by atoms with Gasteiger partial charge >= 0.3 is 0 Å². The Hall–Kier alpha value is -3.25. The second kappa shape index (κ2) is 9.50. The fourth-order valence-corrected chi connectivity index (χ4v) is 3.36. The molecule has 1 heterocycles. The average Bonchev–Trinajstić information content (AvgIpc) is 2.78. The van der Waals surface area contributed by atoms with Gasteiger partial charge in [-0.3, -0.25) is 9.78 Å². The van der Waals surface area contributed by atoms with E-state index in [4.69, 9.17) is 25.8 Å². The zero-order chi connectivity index (χ0) is 21.7. The summed E-state index contributed by atoms with van der Waals surface area (Å²) in [6, 6.07) is 11.4. The Morgan fingerprint density at radius 3 is 2.33 bits per heavy atom. The summed E-state index contributed by atoms with van der Waals surface area (Å²) in [7, 11) is 4.54. The predicted octanol–water partition coefficient (Wildman–Crippen LogP) is 4.67. The zero-order valence-electron chi connectivity index (χ0n) is 17.3.